The fraction of sp³-hybridized carbons (Fsp3) is 0.385. The smallest absolute Gasteiger partial charge is 0.328 e. The first-order chi connectivity index (χ1) is 16.7. The van der Waals surface area contributed by atoms with E-state index < -0.39 is 29.5 Å². The number of rotatable bonds is 6. The average Bonchev–Trinajstić information content (AvgIpc) is 3.38. The summed E-state index contributed by atoms with van der Waals surface area (Å²) in [4.78, 5) is 45.5. The van der Waals surface area contributed by atoms with Crippen LogP contribution in [0, 0.1) is 5.92 Å². The molecular weight excluding hydrogens is 484 g/mol. The molecule has 184 valence electrons. The number of carbonyl (C=O) groups is 3. The summed E-state index contributed by atoms with van der Waals surface area (Å²) in [5.41, 5.74) is 0.706. The highest BCUT2D eigenvalue weighted by molar-refractivity contribution is 8.01. The molecule has 9 heteroatoms. The second-order valence-corrected chi connectivity index (χ2v) is 11.9. The number of methoxy groups -OCH3 is 1. The van der Waals surface area contributed by atoms with Gasteiger partial charge in [0.05, 0.1) is 23.7 Å². The van der Waals surface area contributed by atoms with Crippen LogP contribution in [0.15, 0.2) is 58.9 Å². The van der Waals surface area contributed by atoms with Crippen molar-refractivity contribution in [1.82, 2.24) is 9.88 Å². The molecule has 0 bridgehead atoms. The Hall–Kier alpha value is -2.91. The van der Waals surface area contributed by atoms with Crippen molar-refractivity contribution in [2.75, 3.05) is 13.7 Å². The van der Waals surface area contributed by atoms with E-state index in [1.54, 1.807) is 56.4 Å². The second kappa shape index (κ2) is 10.4. The van der Waals surface area contributed by atoms with Crippen LogP contribution in [0.25, 0.3) is 10.2 Å². The Bertz CT molecular complexity index is 1190. The minimum atomic E-state index is -0.910. The van der Waals surface area contributed by atoms with Crippen LogP contribution in [0.3, 0.4) is 0 Å². The zero-order valence-electron chi connectivity index (χ0n) is 20.1. The van der Waals surface area contributed by atoms with Crippen LogP contribution in [-0.2, 0) is 19.1 Å². The summed E-state index contributed by atoms with van der Waals surface area (Å²) < 4.78 is 12.6. The molecule has 1 aromatic heterocycles. The van der Waals surface area contributed by atoms with Crippen LogP contribution < -0.4 is 0 Å². The minimum absolute atomic E-state index is 0.0157. The Morgan fingerprint density at radius 2 is 1.77 bits per heavy atom. The number of fused-ring (bicyclic) bond motifs is 1. The standard InChI is InChI=1S/C26H28N2O5S2/c1-26(2,3)33-21(29)14-17-20(35-25-27-18-12-8-9-13-19(18)34-25)15-28(22(17)24(31)32-4)23(30)16-10-6-5-7-11-16/h5-13,17,20,22H,14-15H2,1-4H3. The van der Waals surface area contributed by atoms with E-state index in [1.165, 1.54) is 23.8 Å². The van der Waals surface area contributed by atoms with Gasteiger partial charge in [-0.15, -0.1) is 11.3 Å². The predicted octanol–water partition coefficient (Wildman–Crippen LogP) is 4.80. The Balaban J connectivity index is 1.68. The Labute approximate surface area is 212 Å². The van der Waals surface area contributed by atoms with E-state index in [0.29, 0.717) is 5.56 Å². The Morgan fingerprint density at radius 3 is 2.43 bits per heavy atom. The van der Waals surface area contributed by atoms with Crippen LogP contribution in [0.2, 0.25) is 0 Å². The van der Waals surface area contributed by atoms with Crippen molar-refractivity contribution < 1.29 is 23.9 Å². The summed E-state index contributed by atoms with van der Waals surface area (Å²) in [5.74, 6) is -1.74. The molecule has 7 nitrogen and oxygen atoms in total. The molecule has 1 fully saturated rings. The van der Waals surface area contributed by atoms with Gasteiger partial charge in [0.2, 0.25) is 0 Å². The highest BCUT2D eigenvalue weighted by Crippen LogP contribution is 2.42. The summed E-state index contributed by atoms with van der Waals surface area (Å²) in [5, 5.41) is -0.250. The number of esters is 2. The lowest BCUT2D eigenvalue weighted by Gasteiger charge is -2.27. The molecule has 0 N–H and O–H groups in total. The van der Waals surface area contributed by atoms with Gasteiger partial charge in [0, 0.05) is 23.3 Å². The number of carbonyl (C=O) groups excluding carboxylic acids is 3. The van der Waals surface area contributed by atoms with E-state index in [9.17, 15) is 14.4 Å². The van der Waals surface area contributed by atoms with Crippen molar-refractivity contribution in [3.63, 3.8) is 0 Å². The average molecular weight is 513 g/mol. The molecule has 1 aliphatic rings. The summed E-state index contributed by atoms with van der Waals surface area (Å²) in [6.07, 6.45) is -0.0157. The number of aromatic nitrogens is 1. The molecule has 2 aromatic carbocycles. The van der Waals surface area contributed by atoms with Crippen molar-refractivity contribution in [1.29, 1.82) is 0 Å². The Morgan fingerprint density at radius 1 is 1.09 bits per heavy atom. The van der Waals surface area contributed by atoms with Gasteiger partial charge in [0.1, 0.15) is 11.6 Å². The molecule has 3 aromatic rings. The number of likely N-dealkylation sites (tertiary alicyclic amines) is 1. The van der Waals surface area contributed by atoms with Crippen molar-refractivity contribution >= 4 is 51.2 Å². The van der Waals surface area contributed by atoms with Gasteiger partial charge in [-0.05, 0) is 45.0 Å². The quantitative estimate of drug-likeness (QED) is 0.439. The van der Waals surface area contributed by atoms with Crippen LogP contribution in [0.4, 0.5) is 0 Å². The van der Waals surface area contributed by atoms with Gasteiger partial charge in [-0.1, -0.05) is 42.1 Å². The van der Waals surface area contributed by atoms with Crippen molar-refractivity contribution in [3.8, 4) is 0 Å². The van der Waals surface area contributed by atoms with Crippen molar-refractivity contribution in [2.24, 2.45) is 5.92 Å². The predicted molar refractivity (Wildman–Crippen MR) is 136 cm³/mol. The van der Waals surface area contributed by atoms with E-state index in [4.69, 9.17) is 14.5 Å². The zero-order chi connectivity index (χ0) is 25.2. The number of hydrogen-bond donors (Lipinski definition) is 0. The maximum atomic E-state index is 13.5. The third-order valence-electron chi connectivity index (χ3n) is 5.67. The molecule has 35 heavy (non-hydrogen) atoms. The van der Waals surface area contributed by atoms with Gasteiger partial charge >= 0.3 is 11.9 Å². The maximum Gasteiger partial charge on any atom is 0.328 e. The molecule has 0 spiro atoms. The first-order valence-corrected chi connectivity index (χ1v) is 13.0. The number of hydrogen-bond acceptors (Lipinski definition) is 8. The Kier molecular flexibility index (Phi) is 7.47. The van der Waals surface area contributed by atoms with Crippen LogP contribution in [-0.4, -0.2) is 58.3 Å². The van der Waals surface area contributed by atoms with Crippen LogP contribution >= 0.6 is 23.1 Å². The molecule has 1 amide bonds. The summed E-state index contributed by atoms with van der Waals surface area (Å²) in [7, 11) is 1.30. The third-order valence-corrected chi connectivity index (χ3v) is 8.13. The molecule has 1 aliphatic heterocycles. The van der Waals surface area contributed by atoms with Gasteiger partial charge < -0.3 is 14.4 Å². The molecule has 0 radical (unpaired) electrons. The normalized spacial score (nSPS) is 20.1. The zero-order valence-corrected chi connectivity index (χ0v) is 21.7. The number of nitrogens with zero attached hydrogens (tertiary/aromatic N) is 2. The van der Waals surface area contributed by atoms with Crippen molar-refractivity contribution in [3.05, 3.63) is 60.2 Å². The van der Waals surface area contributed by atoms with E-state index >= 15 is 0 Å². The lowest BCUT2D eigenvalue weighted by molar-refractivity contribution is -0.157. The van der Waals surface area contributed by atoms with E-state index in [0.717, 1.165) is 14.6 Å². The first kappa shape index (κ1) is 25.2. The monoisotopic (exact) mass is 512 g/mol. The SMILES string of the molecule is COC(=O)C1C(CC(=O)OC(C)(C)C)C(Sc2nc3ccccc3s2)CN1C(=O)c1ccccc1. The van der Waals surface area contributed by atoms with Gasteiger partial charge in [0.25, 0.3) is 5.91 Å². The minimum Gasteiger partial charge on any atom is -0.467 e. The lowest BCUT2D eigenvalue weighted by Crippen LogP contribution is -2.44. The molecule has 0 saturated carbocycles. The number of ether oxygens (including phenoxy) is 2. The molecule has 2 heterocycles. The fourth-order valence-corrected chi connectivity index (χ4v) is 6.82. The lowest BCUT2D eigenvalue weighted by atomic mass is 9.95. The third kappa shape index (κ3) is 5.85. The van der Waals surface area contributed by atoms with Crippen molar-refractivity contribution in [2.45, 2.75) is 48.4 Å². The molecule has 4 rings (SSSR count). The number of thiazole rings is 1. The first-order valence-electron chi connectivity index (χ1n) is 11.3. The van der Waals surface area contributed by atoms with E-state index in [-0.39, 0.29) is 24.1 Å². The summed E-state index contributed by atoms with van der Waals surface area (Å²) >= 11 is 3.04. The molecule has 0 aliphatic carbocycles. The second-order valence-electron chi connectivity index (χ2n) is 9.35. The molecule has 3 unspecified atom stereocenters. The molecule has 1 saturated heterocycles. The van der Waals surface area contributed by atoms with Gasteiger partial charge in [-0.3, -0.25) is 9.59 Å². The molecule has 3 atom stereocenters. The number of para-hydroxylation sites is 1. The van der Waals surface area contributed by atoms with Gasteiger partial charge in [-0.25, -0.2) is 9.78 Å². The van der Waals surface area contributed by atoms with Gasteiger partial charge in [0.15, 0.2) is 4.34 Å². The summed E-state index contributed by atoms with van der Waals surface area (Å²) in [6, 6.07) is 15.8. The topological polar surface area (TPSA) is 85.8 Å². The number of amides is 1. The van der Waals surface area contributed by atoms with Crippen LogP contribution in [0.1, 0.15) is 37.6 Å². The van der Waals surface area contributed by atoms with E-state index in [2.05, 4.69) is 0 Å². The van der Waals surface area contributed by atoms with Gasteiger partial charge in [-0.2, -0.15) is 0 Å². The van der Waals surface area contributed by atoms with E-state index in [1.807, 2.05) is 30.3 Å². The number of thioether (sulfide) groups is 1. The highest BCUT2D eigenvalue weighted by Gasteiger charge is 2.50. The van der Waals surface area contributed by atoms with Crippen LogP contribution in [0.5, 0.6) is 0 Å². The fourth-order valence-electron chi connectivity index (χ4n) is 4.23. The largest absolute Gasteiger partial charge is 0.467 e. The summed E-state index contributed by atoms with van der Waals surface area (Å²) in [6.45, 7) is 5.68. The highest BCUT2D eigenvalue weighted by atomic mass is 32.2. The maximum absolute atomic E-state index is 13.5. The molecular formula is C26H28N2O5S2. The number of benzene rings is 2.